The Morgan fingerprint density at radius 1 is 1.55 bits per heavy atom. The summed E-state index contributed by atoms with van der Waals surface area (Å²) in [7, 11) is 0. The predicted molar refractivity (Wildman–Crippen MR) is 70.6 cm³/mol. The highest BCUT2D eigenvalue weighted by atomic mass is 16.6. The maximum absolute atomic E-state index is 12.0. The monoisotopic (exact) mass is 280 g/mol. The van der Waals surface area contributed by atoms with Gasteiger partial charge in [0.05, 0.1) is 17.6 Å². The molecule has 1 aromatic rings. The maximum atomic E-state index is 12.0. The van der Waals surface area contributed by atoms with Gasteiger partial charge in [-0.15, -0.1) is 0 Å². The van der Waals surface area contributed by atoms with E-state index in [1.165, 1.54) is 12.1 Å². The van der Waals surface area contributed by atoms with Crippen LogP contribution in [0.4, 0.5) is 5.69 Å². The smallest absolute Gasteiger partial charge is 0.310 e. The number of morpholine rings is 1. The van der Waals surface area contributed by atoms with Crippen LogP contribution in [0.1, 0.15) is 6.92 Å². The van der Waals surface area contributed by atoms with E-state index < -0.39 is 4.92 Å². The number of nitro benzene ring substituents is 1. The van der Waals surface area contributed by atoms with Crippen LogP contribution in [-0.2, 0) is 9.53 Å². The van der Waals surface area contributed by atoms with Crippen LogP contribution in [0.15, 0.2) is 24.3 Å². The van der Waals surface area contributed by atoms with Gasteiger partial charge in [-0.2, -0.15) is 0 Å². The molecule has 0 spiro atoms. The normalized spacial score (nSPS) is 18.6. The summed E-state index contributed by atoms with van der Waals surface area (Å²) in [6, 6.07) is 6.00. The summed E-state index contributed by atoms with van der Waals surface area (Å²) < 4.78 is 10.6. The Labute approximate surface area is 116 Å². The van der Waals surface area contributed by atoms with E-state index in [1.807, 2.05) is 6.92 Å². The number of rotatable bonds is 4. The van der Waals surface area contributed by atoms with Gasteiger partial charge < -0.3 is 14.4 Å². The Kier molecular flexibility index (Phi) is 4.52. The first-order chi connectivity index (χ1) is 9.58. The number of nitrogens with zero attached hydrogens (tertiary/aromatic N) is 2. The molecule has 1 amide bonds. The van der Waals surface area contributed by atoms with Gasteiger partial charge in [-0.05, 0) is 13.0 Å². The summed E-state index contributed by atoms with van der Waals surface area (Å²) in [4.78, 5) is 23.9. The van der Waals surface area contributed by atoms with Crippen molar-refractivity contribution < 1.29 is 19.2 Å². The Bertz CT molecular complexity index is 505. The molecule has 7 heteroatoms. The average molecular weight is 280 g/mol. The number of carbonyl (C=O) groups excluding carboxylic acids is 1. The van der Waals surface area contributed by atoms with E-state index in [1.54, 1.807) is 17.0 Å². The number of nitro groups is 1. The van der Waals surface area contributed by atoms with Gasteiger partial charge in [-0.3, -0.25) is 14.9 Å². The van der Waals surface area contributed by atoms with Crippen LogP contribution in [-0.4, -0.2) is 48.1 Å². The van der Waals surface area contributed by atoms with Crippen molar-refractivity contribution in [1.29, 1.82) is 0 Å². The van der Waals surface area contributed by atoms with E-state index >= 15 is 0 Å². The summed E-state index contributed by atoms with van der Waals surface area (Å²) in [6.45, 7) is 3.21. The highest BCUT2D eigenvalue weighted by Crippen LogP contribution is 2.25. The van der Waals surface area contributed by atoms with Crippen molar-refractivity contribution in [2.24, 2.45) is 0 Å². The molecule has 1 aromatic carbocycles. The summed E-state index contributed by atoms with van der Waals surface area (Å²) in [5.41, 5.74) is -0.143. The van der Waals surface area contributed by atoms with Gasteiger partial charge in [0.2, 0.25) is 0 Å². The highest BCUT2D eigenvalue weighted by Gasteiger charge is 2.22. The number of hydrogen-bond acceptors (Lipinski definition) is 5. The molecule has 1 aliphatic rings. The minimum Gasteiger partial charge on any atom is -0.477 e. The minimum atomic E-state index is -0.531. The second-order valence-electron chi connectivity index (χ2n) is 4.53. The Hall–Kier alpha value is -2.15. The van der Waals surface area contributed by atoms with Crippen LogP contribution in [0, 0.1) is 10.1 Å². The van der Waals surface area contributed by atoms with Crippen LogP contribution < -0.4 is 4.74 Å². The van der Waals surface area contributed by atoms with E-state index in [0.29, 0.717) is 19.7 Å². The molecule has 1 atom stereocenters. The first kappa shape index (κ1) is 14.3. The van der Waals surface area contributed by atoms with Crippen LogP contribution in [0.2, 0.25) is 0 Å². The largest absolute Gasteiger partial charge is 0.477 e. The fourth-order valence-electron chi connectivity index (χ4n) is 2.01. The number of hydrogen-bond donors (Lipinski definition) is 0. The lowest BCUT2D eigenvalue weighted by atomic mass is 10.3. The van der Waals surface area contributed by atoms with E-state index in [9.17, 15) is 14.9 Å². The molecule has 1 saturated heterocycles. The molecule has 1 fully saturated rings. The molecule has 1 heterocycles. The molecule has 2 rings (SSSR count). The molecule has 20 heavy (non-hydrogen) atoms. The minimum absolute atomic E-state index is 0.00115. The Morgan fingerprint density at radius 3 is 3.00 bits per heavy atom. The van der Waals surface area contributed by atoms with Gasteiger partial charge in [0.25, 0.3) is 5.91 Å². The van der Waals surface area contributed by atoms with Crippen LogP contribution >= 0.6 is 0 Å². The first-order valence-corrected chi connectivity index (χ1v) is 6.33. The molecule has 0 aromatic heterocycles. The molecule has 7 nitrogen and oxygen atoms in total. The molecule has 0 radical (unpaired) electrons. The standard InChI is InChI=1S/C13H16N2O5/c1-10-8-14(6-7-19-10)13(16)9-20-12-5-3-2-4-11(12)15(17)18/h2-5,10H,6-9H2,1H3/t10-/m0/s1. The van der Waals surface area contributed by atoms with E-state index in [-0.39, 0.29) is 30.1 Å². The molecular weight excluding hydrogens is 264 g/mol. The molecule has 108 valence electrons. The zero-order valence-electron chi connectivity index (χ0n) is 11.2. The quantitative estimate of drug-likeness (QED) is 0.612. The summed E-state index contributed by atoms with van der Waals surface area (Å²) in [5.74, 6) is -0.0922. The van der Waals surface area contributed by atoms with Crippen molar-refractivity contribution >= 4 is 11.6 Å². The fourth-order valence-corrected chi connectivity index (χ4v) is 2.01. The molecular formula is C13H16N2O5. The van der Waals surface area contributed by atoms with E-state index in [0.717, 1.165) is 0 Å². The van der Waals surface area contributed by atoms with Gasteiger partial charge in [0, 0.05) is 19.2 Å². The topological polar surface area (TPSA) is 81.9 Å². The average Bonchev–Trinajstić information content (AvgIpc) is 2.45. The fraction of sp³-hybridized carbons (Fsp3) is 0.462. The number of ether oxygens (including phenoxy) is 2. The lowest BCUT2D eigenvalue weighted by Crippen LogP contribution is -2.46. The number of para-hydroxylation sites is 2. The maximum Gasteiger partial charge on any atom is 0.310 e. The van der Waals surface area contributed by atoms with Gasteiger partial charge in [0.1, 0.15) is 0 Å². The zero-order chi connectivity index (χ0) is 14.5. The number of benzene rings is 1. The number of amides is 1. The van der Waals surface area contributed by atoms with Crippen LogP contribution in [0.5, 0.6) is 5.75 Å². The SMILES string of the molecule is C[C@H]1CN(C(=O)COc2ccccc2[N+](=O)[O-])CCO1. The second-order valence-corrected chi connectivity index (χ2v) is 4.53. The molecule has 0 aliphatic carbocycles. The molecule has 0 saturated carbocycles. The molecule has 0 bridgehead atoms. The lowest BCUT2D eigenvalue weighted by molar-refractivity contribution is -0.385. The first-order valence-electron chi connectivity index (χ1n) is 6.33. The third-order valence-electron chi connectivity index (χ3n) is 3.01. The molecule has 1 aliphatic heterocycles. The predicted octanol–water partition coefficient (Wildman–Crippen LogP) is 1.22. The summed E-state index contributed by atoms with van der Waals surface area (Å²) >= 11 is 0. The van der Waals surface area contributed by atoms with Crippen molar-refractivity contribution in [3.05, 3.63) is 34.4 Å². The van der Waals surface area contributed by atoms with E-state index in [4.69, 9.17) is 9.47 Å². The van der Waals surface area contributed by atoms with Crippen molar-refractivity contribution in [3.8, 4) is 5.75 Å². The third kappa shape index (κ3) is 3.45. The third-order valence-corrected chi connectivity index (χ3v) is 3.01. The van der Waals surface area contributed by atoms with E-state index in [2.05, 4.69) is 0 Å². The van der Waals surface area contributed by atoms with Gasteiger partial charge in [-0.1, -0.05) is 12.1 Å². The van der Waals surface area contributed by atoms with Crippen molar-refractivity contribution in [2.75, 3.05) is 26.3 Å². The zero-order valence-corrected chi connectivity index (χ0v) is 11.2. The molecule has 0 N–H and O–H groups in total. The molecule has 0 unspecified atom stereocenters. The van der Waals surface area contributed by atoms with Crippen LogP contribution in [0.25, 0.3) is 0 Å². The van der Waals surface area contributed by atoms with Crippen molar-refractivity contribution in [1.82, 2.24) is 4.90 Å². The second kappa shape index (κ2) is 6.33. The summed E-state index contributed by atoms with van der Waals surface area (Å²) in [6.07, 6.45) is -0.00115. The van der Waals surface area contributed by atoms with Crippen LogP contribution in [0.3, 0.4) is 0 Å². The number of carbonyl (C=O) groups is 1. The Balaban J connectivity index is 1.95. The van der Waals surface area contributed by atoms with Crippen molar-refractivity contribution in [3.63, 3.8) is 0 Å². The lowest BCUT2D eigenvalue weighted by Gasteiger charge is -2.31. The highest BCUT2D eigenvalue weighted by molar-refractivity contribution is 5.78. The van der Waals surface area contributed by atoms with Gasteiger partial charge in [-0.25, -0.2) is 0 Å². The van der Waals surface area contributed by atoms with Gasteiger partial charge in [0.15, 0.2) is 12.4 Å². The Morgan fingerprint density at radius 2 is 2.30 bits per heavy atom. The summed E-state index contributed by atoms with van der Waals surface area (Å²) in [5, 5.41) is 10.8. The van der Waals surface area contributed by atoms with Gasteiger partial charge >= 0.3 is 5.69 Å². The van der Waals surface area contributed by atoms with Crippen molar-refractivity contribution in [2.45, 2.75) is 13.0 Å².